The molecule has 0 spiro atoms. The largest absolute Gasteiger partial charge is 0.444 e. The van der Waals surface area contributed by atoms with Crippen molar-refractivity contribution in [3.63, 3.8) is 0 Å². The Balaban J connectivity index is 1.89. The quantitative estimate of drug-likeness (QED) is 0.800. The number of nitrogens with one attached hydrogen (secondary N) is 1. The SMILES string of the molecule is CC(C)(C)OC(=O)NC1CCCCC1c1cnccc1-c1cccc(CN)c1. The summed E-state index contributed by atoms with van der Waals surface area (Å²) in [5.41, 5.74) is 9.91. The van der Waals surface area contributed by atoms with E-state index in [9.17, 15) is 4.79 Å². The topological polar surface area (TPSA) is 77.2 Å². The van der Waals surface area contributed by atoms with Crippen LogP contribution < -0.4 is 11.1 Å². The molecule has 3 rings (SSSR count). The van der Waals surface area contributed by atoms with E-state index in [4.69, 9.17) is 10.5 Å². The van der Waals surface area contributed by atoms with Gasteiger partial charge in [0.1, 0.15) is 5.60 Å². The van der Waals surface area contributed by atoms with E-state index in [0.29, 0.717) is 6.54 Å². The van der Waals surface area contributed by atoms with Gasteiger partial charge in [-0.25, -0.2) is 4.79 Å². The van der Waals surface area contributed by atoms with Crippen molar-refractivity contribution in [3.8, 4) is 11.1 Å². The number of alkyl carbamates (subject to hydrolysis) is 1. The summed E-state index contributed by atoms with van der Waals surface area (Å²) in [6.07, 6.45) is 7.65. The Morgan fingerprint density at radius 1 is 1.25 bits per heavy atom. The highest BCUT2D eigenvalue weighted by molar-refractivity contribution is 5.70. The number of hydrogen-bond acceptors (Lipinski definition) is 4. The molecule has 3 N–H and O–H groups in total. The number of carbonyl (C=O) groups is 1. The van der Waals surface area contributed by atoms with E-state index >= 15 is 0 Å². The van der Waals surface area contributed by atoms with Gasteiger partial charge < -0.3 is 15.8 Å². The molecule has 28 heavy (non-hydrogen) atoms. The van der Waals surface area contributed by atoms with Crippen molar-refractivity contribution in [2.45, 2.75) is 70.6 Å². The zero-order valence-corrected chi connectivity index (χ0v) is 17.1. The van der Waals surface area contributed by atoms with E-state index in [2.05, 4.69) is 28.5 Å². The molecule has 0 aliphatic heterocycles. The minimum atomic E-state index is -0.504. The summed E-state index contributed by atoms with van der Waals surface area (Å²) in [6, 6.07) is 10.4. The molecule has 1 aromatic carbocycles. The van der Waals surface area contributed by atoms with Crippen LogP contribution in [0.1, 0.15) is 63.5 Å². The van der Waals surface area contributed by atoms with Gasteiger partial charge in [0.2, 0.25) is 0 Å². The molecule has 1 aliphatic carbocycles. The molecule has 2 atom stereocenters. The molecule has 2 aromatic rings. The maximum Gasteiger partial charge on any atom is 0.407 e. The predicted octanol–water partition coefficient (Wildman–Crippen LogP) is 4.76. The number of carbonyl (C=O) groups excluding carboxylic acids is 1. The molecular formula is C23H31N3O2. The molecular weight excluding hydrogens is 350 g/mol. The molecule has 1 aliphatic rings. The zero-order valence-electron chi connectivity index (χ0n) is 17.1. The second kappa shape index (κ2) is 8.74. The van der Waals surface area contributed by atoms with Gasteiger partial charge in [-0.3, -0.25) is 4.98 Å². The highest BCUT2D eigenvalue weighted by Gasteiger charge is 2.31. The smallest absolute Gasteiger partial charge is 0.407 e. The molecule has 2 unspecified atom stereocenters. The molecule has 0 bridgehead atoms. The number of pyridine rings is 1. The molecule has 1 fully saturated rings. The second-order valence-corrected chi connectivity index (χ2v) is 8.51. The normalized spacial score (nSPS) is 19.9. The summed E-state index contributed by atoms with van der Waals surface area (Å²) in [7, 11) is 0. The van der Waals surface area contributed by atoms with Gasteiger partial charge in [-0.05, 0) is 68.0 Å². The molecule has 1 heterocycles. The van der Waals surface area contributed by atoms with Crippen LogP contribution in [0.15, 0.2) is 42.7 Å². The summed E-state index contributed by atoms with van der Waals surface area (Å²) in [4.78, 5) is 16.8. The van der Waals surface area contributed by atoms with Crippen LogP contribution in [0.2, 0.25) is 0 Å². The third kappa shape index (κ3) is 5.10. The summed E-state index contributed by atoms with van der Waals surface area (Å²) in [6.45, 7) is 6.16. The van der Waals surface area contributed by atoms with E-state index in [1.165, 1.54) is 5.56 Å². The summed E-state index contributed by atoms with van der Waals surface area (Å²) >= 11 is 0. The van der Waals surface area contributed by atoms with Gasteiger partial charge in [-0.1, -0.05) is 31.0 Å². The van der Waals surface area contributed by atoms with E-state index < -0.39 is 5.60 Å². The lowest BCUT2D eigenvalue weighted by Gasteiger charge is -2.34. The Kier molecular flexibility index (Phi) is 6.35. The van der Waals surface area contributed by atoms with E-state index in [-0.39, 0.29) is 18.1 Å². The van der Waals surface area contributed by atoms with Gasteiger partial charge in [-0.15, -0.1) is 0 Å². The van der Waals surface area contributed by atoms with Crippen LogP contribution >= 0.6 is 0 Å². The number of benzene rings is 1. The first-order valence-corrected chi connectivity index (χ1v) is 10.1. The number of aromatic nitrogens is 1. The molecule has 150 valence electrons. The lowest BCUT2D eigenvalue weighted by atomic mass is 9.78. The van der Waals surface area contributed by atoms with Gasteiger partial charge >= 0.3 is 6.09 Å². The van der Waals surface area contributed by atoms with Crippen molar-refractivity contribution in [1.29, 1.82) is 0 Å². The van der Waals surface area contributed by atoms with Gasteiger partial charge in [0.25, 0.3) is 0 Å². The van der Waals surface area contributed by atoms with Crippen LogP contribution in [-0.4, -0.2) is 22.7 Å². The predicted molar refractivity (Wildman–Crippen MR) is 112 cm³/mol. The second-order valence-electron chi connectivity index (χ2n) is 8.51. The number of rotatable bonds is 4. The highest BCUT2D eigenvalue weighted by atomic mass is 16.6. The Bertz CT molecular complexity index is 813. The van der Waals surface area contributed by atoms with Crippen LogP contribution in [0.4, 0.5) is 4.79 Å². The minimum Gasteiger partial charge on any atom is -0.444 e. The Morgan fingerprint density at radius 3 is 2.79 bits per heavy atom. The summed E-state index contributed by atoms with van der Waals surface area (Å²) in [5.74, 6) is 0.214. The Labute approximate surface area is 167 Å². The average molecular weight is 382 g/mol. The maximum absolute atomic E-state index is 12.4. The number of nitrogens with two attached hydrogens (primary N) is 1. The standard InChI is InChI=1S/C23H31N3O2/c1-23(2,3)28-22(27)26-21-10-5-4-9-19(21)20-15-25-12-11-18(20)17-8-6-7-16(13-17)14-24/h6-8,11-13,15,19,21H,4-5,9-10,14,24H2,1-3H3,(H,26,27). The fraction of sp³-hybridized carbons (Fsp3) is 0.478. The lowest BCUT2D eigenvalue weighted by Crippen LogP contribution is -2.43. The molecule has 1 saturated carbocycles. The molecule has 5 nitrogen and oxygen atoms in total. The Morgan fingerprint density at radius 2 is 2.04 bits per heavy atom. The fourth-order valence-corrected chi connectivity index (χ4v) is 3.97. The van der Waals surface area contributed by atoms with Crippen molar-refractivity contribution in [2.24, 2.45) is 5.73 Å². The summed E-state index contributed by atoms with van der Waals surface area (Å²) in [5, 5.41) is 3.12. The van der Waals surface area contributed by atoms with Crippen molar-refractivity contribution < 1.29 is 9.53 Å². The zero-order chi connectivity index (χ0) is 20.1. The van der Waals surface area contributed by atoms with E-state index in [0.717, 1.165) is 42.4 Å². The number of amides is 1. The molecule has 0 radical (unpaired) electrons. The van der Waals surface area contributed by atoms with Crippen LogP contribution in [0.3, 0.4) is 0 Å². The van der Waals surface area contributed by atoms with E-state index in [1.54, 1.807) is 0 Å². The first-order chi connectivity index (χ1) is 13.4. The van der Waals surface area contributed by atoms with Crippen LogP contribution in [0.25, 0.3) is 11.1 Å². The van der Waals surface area contributed by atoms with E-state index in [1.807, 2.05) is 45.3 Å². The van der Waals surface area contributed by atoms with Crippen molar-refractivity contribution >= 4 is 6.09 Å². The van der Waals surface area contributed by atoms with Crippen LogP contribution in [-0.2, 0) is 11.3 Å². The Hall–Kier alpha value is -2.40. The first-order valence-electron chi connectivity index (χ1n) is 10.1. The number of nitrogens with zero attached hydrogens (tertiary/aromatic N) is 1. The summed E-state index contributed by atoms with van der Waals surface area (Å²) < 4.78 is 5.49. The number of ether oxygens (including phenoxy) is 1. The molecule has 1 aromatic heterocycles. The third-order valence-electron chi connectivity index (χ3n) is 5.19. The minimum absolute atomic E-state index is 0.0456. The fourth-order valence-electron chi connectivity index (χ4n) is 3.97. The monoisotopic (exact) mass is 381 g/mol. The number of hydrogen-bond donors (Lipinski definition) is 2. The van der Waals surface area contributed by atoms with Gasteiger partial charge in [0, 0.05) is 30.9 Å². The van der Waals surface area contributed by atoms with Gasteiger partial charge in [0.05, 0.1) is 0 Å². The average Bonchev–Trinajstić information content (AvgIpc) is 2.67. The lowest BCUT2D eigenvalue weighted by molar-refractivity contribution is 0.0485. The molecule has 1 amide bonds. The van der Waals surface area contributed by atoms with Crippen LogP contribution in [0.5, 0.6) is 0 Å². The molecule has 5 heteroatoms. The van der Waals surface area contributed by atoms with Crippen LogP contribution in [0, 0.1) is 0 Å². The van der Waals surface area contributed by atoms with Crippen molar-refractivity contribution in [3.05, 3.63) is 53.9 Å². The van der Waals surface area contributed by atoms with Gasteiger partial charge in [-0.2, -0.15) is 0 Å². The highest BCUT2D eigenvalue weighted by Crippen LogP contribution is 2.38. The first kappa shape index (κ1) is 20.3. The van der Waals surface area contributed by atoms with Gasteiger partial charge in [0.15, 0.2) is 0 Å². The maximum atomic E-state index is 12.4. The molecule has 0 saturated heterocycles. The third-order valence-corrected chi connectivity index (χ3v) is 5.19. The van der Waals surface area contributed by atoms with Crippen molar-refractivity contribution in [1.82, 2.24) is 10.3 Å². The van der Waals surface area contributed by atoms with Crippen molar-refractivity contribution in [2.75, 3.05) is 0 Å².